The molecule has 1 saturated carbocycles. The molecular formula is C27H31N4PS2. The maximum Gasteiger partial charge on any atom is 0.170 e. The molecule has 0 aromatic heterocycles. The van der Waals surface area contributed by atoms with Crippen LogP contribution in [0, 0.1) is 0 Å². The molecule has 2 N–H and O–H groups in total. The molecule has 34 heavy (non-hydrogen) atoms. The monoisotopic (exact) mass is 506 g/mol. The van der Waals surface area contributed by atoms with Crippen LogP contribution in [-0.2, 0) is 0 Å². The largest absolute Gasteiger partial charge is 0.362 e. The highest BCUT2D eigenvalue weighted by Crippen LogP contribution is 2.67. The number of hydrogen-bond donors (Lipinski definition) is 2. The summed E-state index contributed by atoms with van der Waals surface area (Å²) in [4.78, 5) is 0. The Balaban J connectivity index is 1.31. The lowest BCUT2D eigenvalue weighted by Crippen LogP contribution is -2.40. The maximum atomic E-state index is 5.52. The standard InChI is InChI=1S/C27H31N4PS2/c33-27(29-22-12-4-1-5-13-22)28-20-21-34-32-30(23-14-6-2-7-15-23)25-18-10-11-19-26(25)31(32)24-16-8-3-9-17-24/h1-9,12-17,25-26H,10-11,18-21H2,(H2,28,29,33)/t25-,26-/m1/s1. The van der Waals surface area contributed by atoms with Gasteiger partial charge in [0.15, 0.2) is 12.5 Å². The van der Waals surface area contributed by atoms with E-state index >= 15 is 0 Å². The number of nitrogens with one attached hydrogen (secondary N) is 2. The number of anilines is 3. The van der Waals surface area contributed by atoms with E-state index in [0.29, 0.717) is 17.2 Å². The summed E-state index contributed by atoms with van der Waals surface area (Å²) in [5.41, 5.74) is 3.72. The van der Waals surface area contributed by atoms with Gasteiger partial charge in [0.1, 0.15) is 0 Å². The first-order valence-electron chi connectivity index (χ1n) is 12.0. The van der Waals surface area contributed by atoms with Crippen LogP contribution < -0.4 is 20.0 Å². The van der Waals surface area contributed by atoms with Gasteiger partial charge >= 0.3 is 0 Å². The fraction of sp³-hybridized carbons (Fsp3) is 0.296. The van der Waals surface area contributed by atoms with E-state index in [1.54, 1.807) is 0 Å². The molecule has 3 aromatic carbocycles. The molecule has 0 bridgehead atoms. The molecule has 1 saturated heterocycles. The van der Waals surface area contributed by atoms with E-state index in [2.05, 4.69) is 92.0 Å². The smallest absolute Gasteiger partial charge is 0.170 e. The Morgan fingerprint density at radius 3 is 1.82 bits per heavy atom. The predicted octanol–water partition coefficient (Wildman–Crippen LogP) is 7.27. The minimum absolute atomic E-state index is 0.573. The molecule has 0 amide bonds. The van der Waals surface area contributed by atoms with E-state index in [4.69, 9.17) is 12.2 Å². The van der Waals surface area contributed by atoms with E-state index in [9.17, 15) is 0 Å². The normalized spacial score (nSPS) is 20.1. The summed E-state index contributed by atoms with van der Waals surface area (Å²) in [5, 5.41) is 7.36. The number of benzene rings is 3. The van der Waals surface area contributed by atoms with Gasteiger partial charge in [-0.2, -0.15) is 0 Å². The molecule has 0 unspecified atom stereocenters. The highest BCUT2D eigenvalue weighted by molar-refractivity contribution is 8.56. The second-order valence-corrected chi connectivity index (χ2v) is 12.8. The molecule has 5 rings (SSSR count). The van der Waals surface area contributed by atoms with E-state index < -0.39 is 7.42 Å². The van der Waals surface area contributed by atoms with Crippen LogP contribution in [0.2, 0.25) is 0 Å². The number of nitrogens with zero attached hydrogens (tertiary/aromatic N) is 2. The van der Waals surface area contributed by atoms with Gasteiger partial charge in [-0.25, -0.2) is 0 Å². The molecule has 2 aliphatic rings. The third kappa shape index (κ3) is 5.35. The van der Waals surface area contributed by atoms with Gasteiger partial charge in [0.2, 0.25) is 0 Å². The third-order valence-corrected chi connectivity index (χ3v) is 11.3. The van der Waals surface area contributed by atoms with Crippen LogP contribution in [0.25, 0.3) is 0 Å². The summed E-state index contributed by atoms with van der Waals surface area (Å²) < 4.78 is 5.49. The average Bonchev–Trinajstić information content (AvgIpc) is 3.22. The van der Waals surface area contributed by atoms with Crippen molar-refractivity contribution >= 4 is 53.2 Å². The predicted molar refractivity (Wildman–Crippen MR) is 154 cm³/mol. The first kappa shape index (κ1) is 23.5. The molecule has 0 spiro atoms. The van der Waals surface area contributed by atoms with Crippen molar-refractivity contribution in [1.82, 2.24) is 5.32 Å². The number of hydrogen-bond acceptors (Lipinski definition) is 4. The summed E-state index contributed by atoms with van der Waals surface area (Å²) in [7, 11) is -0.574. The van der Waals surface area contributed by atoms with Crippen molar-refractivity contribution in [2.45, 2.75) is 37.8 Å². The molecule has 2 atom stereocenters. The summed E-state index contributed by atoms with van der Waals surface area (Å²) >= 11 is 7.59. The number of rotatable bonds is 7. The van der Waals surface area contributed by atoms with Crippen molar-refractivity contribution < 1.29 is 0 Å². The lowest BCUT2D eigenvalue weighted by Gasteiger charge is -2.33. The maximum absolute atomic E-state index is 5.52. The van der Waals surface area contributed by atoms with Gasteiger partial charge in [0.05, 0.1) is 12.1 Å². The highest BCUT2D eigenvalue weighted by atomic mass is 32.7. The minimum atomic E-state index is -0.574. The van der Waals surface area contributed by atoms with Gasteiger partial charge in [0.25, 0.3) is 0 Å². The van der Waals surface area contributed by atoms with Crippen LogP contribution >= 0.6 is 31.0 Å². The fourth-order valence-electron chi connectivity index (χ4n) is 4.87. The van der Waals surface area contributed by atoms with Crippen molar-refractivity contribution in [3.63, 3.8) is 0 Å². The molecule has 1 heterocycles. The first-order valence-corrected chi connectivity index (χ1v) is 15.3. The van der Waals surface area contributed by atoms with Gasteiger partial charge in [-0.1, -0.05) is 78.8 Å². The van der Waals surface area contributed by atoms with Crippen molar-refractivity contribution in [1.29, 1.82) is 0 Å². The Morgan fingerprint density at radius 2 is 1.29 bits per heavy atom. The molecule has 176 valence electrons. The van der Waals surface area contributed by atoms with Crippen molar-refractivity contribution in [2.24, 2.45) is 0 Å². The Kier molecular flexibility index (Phi) is 7.90. The van der Waals surface area contributed by atoms with Crippen LogP contribution in [0.15, 0.2) is 91.0 Å². The highest BCUT2D eigenvalue weighted by Gasteiger charge is 2.48. The zero-order valence-corrected chi connectivity index (χ0v) is 21.7. The molecule has 7 heteroatoms. The topological polar surface area (TPSA) is 30.5 Å². The Bertz CT molecular complexity index is 998. The molecule has 3 aromatic rings. The van der Waals surface area contributed by atoms with E-state index in [1.165, 1.54) is 37.1 Å². The number of fused-ring (bicyclic) bond motifs is 1. The first-order chi connectivity index (χ1) is 16.8. The summed E-state index contributed by atoms with van der Waals surface area (Å²) in [5.74, 6) is 0.994. The quantitative estimate of drug-likeness (QED) is 0.199. The third-order valence-electron chi connectivity index (χ3n) is 6.36. The van der Waals surface area contributed by atoms with Gasteiger partial charge in [0, 0.05) is 29.4 Å². The molecule has 2 fully saturated rings. The molecule has 0 radical (unpaired) electrons. The van der Waals surface area contributed by atoms with Crippen molar-refractivity contribution in [2.75, 3.05) is 27.0 Å². The molecule has 1 aliphatic heterocycles. The van der Waals surface area contributed by atoms with Crippen LogP contribution in [0.4, 0.5) is 17.1 Å². The summed E-state index contributed by atoms with van der Waals surface area (Å²) in [6.45, 7) is 0.836. The molecule has 1 aliphatic carbocycles. The Labute approximate surface area is 213 Å². The molecular weight excluding hydrogens is 475 g/mol. The lowest BCUT2D eigenvalue weighted by molar-refractivity contribution is 0.409. The second kappa shape index (κ2) is 11.4. The fourth-order valence-corrected chi connectivity index (χ4v) is 10.4. The summed E-state index contributed by atoms with van der Waals surface area (Å²) in [6, 6.07) is 33.3. The van der Waals surface area contributed by atoms with Crippen LogP contribution in [0.3, 0.4) is 0 Å². The van der Waals surface area contributed by atoms with Gasteiger partial charge in [-0.05, 0) is 61.5 Å². The van der Waals surface area contributed by atoms with Crippen LogP contribution in [-0.4, -0.2) is 29.5 Å². The SMILES string of the molecule is S=C(NCCSP1N(c2ccccc2)[C@@H]2CCCC[C@H]2N1c1ccccc1)Nc1ccccc1. The van der Waals surface area contributed by atoms with Crippen molar-refractivity contribution in [3.05, 3.63) is 91.0 Å². The zero-order chi connectivity index (χ0) is 23.2. The second-order valence-electron chi connectivity index (χ2n) is 8.61. The summed E-state index contributed by atoms with van der Waals surface area (Å²) in [6.07, 6.45) is 5.18. The molecule has 4 nitrogen and oxygen atoms in total. The van der Waals surface area contributed by atoms with Crippen LogP contribution in [0.1, 0.15) is 25.7 Å². The minimum Gasteiger partial charge on any atom is -0.362 e. The van der Waals surface area contributed by atoms with Crippen LogP contribution in [0.5, 0.6) is 0 Å². The van der Waals surface area contributed by atoms with Gasteiger partial charge in [-0.15, -0.1) is 0 Å². The lowest BCUT2D eigenvalue weighted by atomic mass is 9.90. The van der Waals surface area contributed by atoms with Gasteiger partial charge in [-0.3, -0.25) is 0 Å². The average molecular weight is 507 g/mol. The zero-order valence-electron chi connectivity index (χ0n) is 19.2. The van der Waals surface area contributed by atoms with E-state index in [0.717, 1.165) is 18.0 Å². The van der Waals surface area contributed by atoms with Gasteiger partial charge < -0.3 is 20.0 Å². The van der Waals surface area contributed by atoms with Crippen molar-refractivity contribution in [3.8, 4) is 0 Å². The Hall–Kier alpha value is -2.27. The van der Waals surface area contributed by atoms with E-state index in [1.807, 2.05) is 30.3 Å². The Morgan fingerprint density at radius 1 is 0.794 bits per heavy atom. The van der Waals surface area contributed by atoms with E-state index in [-0.39, 0.29) is 0 Å². The number of para-hydroxylation sites is 3. The number of thiocarbonyl (C=S) groups is 1.